The van der Waals surface area contributed by atoms with Gasteiger partial charge in [-0.05, 0) is 20.8 Å². The highest BCUT2D eigenvalue weighted by atomic mass is 35.6. The summed E-state index contributed by atoms with van der Waals surface area (Å²) in [6.45, 7) is 4.84. The highest BCUT2D eigenvalue weighted by Gasteiger charge is 2.44. The zero-order chi connectivity index (χ0) is 10.7. The van der Waals surface area contributed by atoms with Crippen LogP contribution in [0.3, 0.4) is 0 Å². The summed E-state index contributed by atoms with van der Waals surface area (Å²) in [5.41, 5.74) is -1.22. The Labute approximate surface area is 92.2 Å². The molecular formula is C7H11Cl3O3. The van der Waals surface area contributed by atoms with Crippen molar-refractivity contribution in [3.8, 4) is 0 Å². The van der Waals surface area contributed by atoms with Crippen molar-refractivity contribution in [1.82, 2.24) is 0 Å². The second-order valence-electron chi connectivity index (χ2n) is 2.79. The van der Waals surface area contributed by atoms with Gasteiger partial charge in [-0.25, -0.2) is 4.79 Å². The quantitative estimate of drug-likeness (QED) is 0.556. The fourth-order valence-corrected chi connectivity index (χ4v) is 0.529. The van der Waals surface area contributed by atoms with Gasteiger partial charge >= 0.3 is 6.16 Å². The van der Waals surface area contributed by atoms with Crippen LogP contribution < -0.4 is 0 Å². The lowest BCUT2D eigenvalue weighted by molar-refractivity contribution is -0.0124. The molecule has 6 heteroatoms. The Balaban J connectivity index is 4.26. The molecule has 78 valence electrons. The normalized spacial score (nSPS) is 12.5. The summed E-state index contributed by atoms with van der Waals surface area (Å²) >= 11 is 16.7. The van der Waals surface area contributed by atoms with Crippen LogP contribution in [0.5, 0.6) is 0 Å². The second-order valence-corrected chi connectivity index (χ2v) is 5.07. The first-order chi connectivity index (χ1) is 5.70. The van der Waals surface area contributed by atoms with Crippen LogP contribution in [0.4, 0.5) is 4.79 Å². The van der Waals surface area contributed by atoms with Crippen molar-refractivity contribution in [2.45, 2.75) is 30.2 Å². The molecule has 13 heavy (non-hydrogen) atoms. The van der Waals surface area contributed by atoms with E-state index in [-0.39, 0.29) is 6.61 Å². The third-order valence-electron chi connectivity index (χ3n) is 1.28. The number of ether oxygens (including phenoxy) is 2. The van der Waals surface area contributed by atoms with Crippen molar-refractivity contribution in [3.05, 3.63) is 0 Å². The molecule has 0 fully saturated rings. The van der Waals surface area contributed by atoms with Gasteiger partial charge in [-0.2, -0.15) is 0 Å². The smallest absolute Gasteiger partial charge is 0.435 e. The molecule has 3 nitrogen and oxygen atoms in total. The molecule has 0 saturated carbocycles. The topological polar surface area (TPSA) is 35.5 Å². The highest BCUT2D eigenvalue weighted by Crippen LogP contribution is 2.40. The van der Waals surface area contributed by atoms with Gasteiger partial charge in [0.1, 0.15) is 0 Å². The second kappa shape index (κ2) is 4.58. The standard InChI is InChI=1S/C7H11Cl3O3/c1-4-12-5(11)13-6(2,3)7(8,9)10/h4H2,1-3H3. The zero-order valence-electron chi connectivity index (χ0n) is 7.57. The van der Waals surface area contributed by atoms with Gasteiger partial charge in [0.2, 0.25) is 3.79 Å². The van der Waals surface area contributed by atoms with Crippen molar-refractivity contribution in [2.24, 2.45) is 0 Å². The van der Waals surface area contributed by atoms with Gasteiger partial charge in [-0.1, -0.05) is 34.8 Å². The number of hydrogen-bond acceptors (Lipinski definition) is 3. The lowest BCUT2D eigenvalue weighted by atomic mass is 10.2. The molecule has 0 amide bonds. The first-order valence-electron chi connectivity index (χ1n) is 3.63. The molecule has 0 radical (unpaired) electrons. The molecule has 0 N–H and O–H groups in total. The average molecular weight is 250 g/mol. The molecule has 0 aromatic rings. The largest absolute Gasteiger partial charge is 0.508 e. The van der Waals surface area contributed by atoms with E-state index in [1.54, 1.807) is 6.92 Å². The summed E-state index contributed by atoms with van der Waals surface area (Å²) in [6, 6.07) is 0. The van der Waals surface area contributed by atoms with Crippen LogP contribution >= 0.6 is 34.8 Å². The van der Waals surface area contributed by atoms with E-state index in [4.69, 9.17) is 39.5 Å². The predicted molar refractivity (Wildman–Crippen MR) is 52.5 cm³/mol. The maximum absolute atomic E-state index is 10.9. The van der Waals surface area contributed by atoms with E-state index in [1.165, 1.54) is 13.8 Å². The number of carbonyl (C=O) groups is 1. The summed E-state index contributed by atoms with van der Waals surface area (Å²) < 4.78 is 7.64. The average Bonchev–Trinajstić information content (AvgIpc) is 1.83. The van der Waals surface area contributed by atoms with E-state index in [0.717, 1.165) is 0 Å². The van der Waals surface area contributed by atoms with E-state index in [9.17, 15) is 4.79 Å². The molecule has 0 rings (SSSR count). The molecule has 0 saturated heterocycles. The Morgan fingerprint density at radius 3 is 2.08 bits per heavy atom. The molecule has 0 unspecified atom stereocenters. The van der Waals surface area contributed by atoms with Gasteiger partial charge in [0.25, 0.3) is 0 Å². The van der Waals surface area contributed by atoms with E-state index < -0.39 is 15.5 Å². The third-order valence-corrected chi connectivity index (χ3v) is 2.65. The van der Waals surface area contributed by atoms with Crippen LogP contribution in [0.1, 0.15) is 20.8 Å². The zero-order valence-corrected chi connectivity index (χ0v) is 9.83. The van der Waals surface area contributed by atoms with Crippen molar-refractivity contribution in [3.63, 3.8) is 0 Å². The summed E-state index contributed by atoms with van der Waals surface area (Å²) in [5, 5.41) is 0. The van der Waals surface area contributed by atoms with Crippen LogP contribution in [-0.2, 0) is 9.47 Å². The summed E-state index contributed by atoms with van der Waals surface area (Å²) in [6.07, 6.45) is -0.848. The Hall–Kier alpha value is 0.140. The maximum Gasteiger partial charge on any atom is 0.508 e. The van der Waals surface area contributed by atoms with Crippen LogP contribution in [0, 0.1) is 0 Å². The summed E-state index contributed by atoms with van der Waals surface area (Å²) in [5.74, 6) is 0. The minimum atomic E-state index is -1.68. The van der Waals surface area contributed by atoms with Crippen LogP contribution in [0.2, 0.25) is 0 Å². The molecule has 0 aromatic heterocycles. The van der Waals surface area contributed by atoms with Gasteiger partial charge in [-0.15, -0.1) is 0 Å². The summed E-state index contributed by atoms with van der Waals surface area (Å²) in [4.78, 5) is 10.9. The Morgan fingerprint density at radius 1 is 1.31 bits per heavy atom. The van der Waals surface area contributed by atoms with Gasteiger partial charge < -0.3 is 9.47 Å². The van der Waals surface area contributed by atoms with Crippen molar-refractivity contribution >= 4 is 41.0 Å². The van der Waals surface area contributed by atoms with Crippen molar-refractivity contribution < 1.29 is 14.3 Å². The Bertz CT molecular complexity index is 186. The number of rotatable bonds is 2. The van der Waals surface area contributed by atoms with Gasteiger partial charge in [-0.3, -0.25) is 0 Å². The molecule has 0 aliphatic rings. The molecule has 0 aliphatic heterocycles. The van der Waals surface area contributed by atoms with Crippen molar-refractivity contribution in [2.75, 3.05) is 6.61 Å². The lowest BCUT2D eigenvalue weighted by Gasteiger charge is -2.30. The number of halogens is 3. The molecule has 0 heterocycles. The molecule has 0 aliphatic carbocycles. The predicted octanol–water partition coefficient (Wildman–Crippen LogP) is 3.31. The van der Waals surface area contributed by atoms with Crippen LogP contribution in [0.25, 0.3) is 0 Å². The fraction of sp³-hybridized carbons (Fsp3) is 0.857. The highest BCUT2D eigenvalue weighted by molar-refractivity contribution is 6.68. The minimum Gasteiger partial charge on any atom is -0.435 e. The Morgan fingerprint density at radius 2 is 1.77 bits per heavy atom. The number of carbonyl (C=O) groups excluding carboxylic acids is 1. The first-order valence-corrected chi connectivity index (χ1v) is 4.76. The van der Waals surface area contributed by atoms with E-state index >= 15 is 0 Å². The molecule has 0 bridgehead atoms. The lowest BCUT2D eigenvalue weighted by Crippen LogP contribution is -2.41. The van der Waals surface area contributed by atoms with Crippen LogP contribution in [0.15, 0.2) is 0 Å². The molecule has 0 spiro atoms. The maximum atomic E-state index is 10.9. The van der Waals surface area contributed by atoms with Gasteiger partial charge in [0.15, 0.2) is 5.60 Å². The Kier molecular flexibility index (Phi) is 4.63. The monoisotopic (exact) mass is 248 g/mol. The first kappa shape index (κ1) is 13.1. The molecule has 0 atom stereocenters. The van der Waals surface area contributed by atoms with Gasteiger partial charge in [0, 0.05) is 0 Å². The minimum absolute atomic E-state index is 0.217. The number of alkyl halides is 3. The molecule has 0 aromatic carbocycles. The van der Waals surface area contributed by atoms with E-state index in [0.29, 0.717) is 0 Å². The van der Waals surface area contributed by atoms with Crippen molar-refractivity contribution in [1.29, 1.82) is 0 Å². The van der Waals surface area contributed by atoms with Gasteiger partial charge in [0.05, 0.1) is 6.61 Å². The third kappa shape index (κ3) is 4.25. The van der Waals surface area contributed by atoms with E-state index in [2.05, 4.69) is 4.74 Å². The fourth-order valence-electron chi connectivity index (χ4n) is 0.414. The van der Waals surface area contributed by atoms with Crippen LogP contribution in [-0.4, -0.2) is 22.2 Å². The number of hydrogen-bond donors (Lipinski definition) is 0. The van der Waals surface area contributed by atoms with E-state index in [1.807, 2.05) is 0 Å². The molecular weight excluding hydrogens is 238 g/mol. The summed E-state index contributed by atoms with van der Waals surface area (Å²) in [7, 11) is 0. The SMILES string of the molecule is CCOC(=O)OC(C)(C)C(Cl)(Cl)Cl.